The third-order valence-corrected chi connectivity index (χ3v) is 4.23. The van der Waals surface area contributed by atoms with Gasteiger partial charge in [-0.05, 0) is 30.7 Å². The maximum atomic E-state index is 12.0. The summed E-state index contributed by atoms with van der Waals surface area (Å²) in [5.41, 5.74) is 3.81. The highest BCUT2D eigenvalue weighted by Gasteiger charge is 2.15. The van der Waals surface area contributed by atoms with Crippen LogP contribution in [0.25, 0.3) is 11.3 Å². The highest BCUT2D eigenvalue weighted by atomic mass is 16.6. The standard InChI is InChI=1S/C20H16N4O6/c1-13-10-15(23(26)27)6-8-17(13)19-9-7-16(30-19)12-21-22-20(25)11-14-4-2-3-5-18(14)24(28)29/h2-10,12H,11H2,1H3,(H,22,25)/b21-12-. The molecule has 0 saturated heterocycles. The molecule has 0 aliphatic heterocycles. The number of nitro benzene ring substituents is 2. The number of nitrogens with one attached hydrogen (secondary N) is 1. The second-order valence-corrected chi connectivity index (χ2v) is 6.31. The molecule has 0 saturated carbocycles. The molecule has 152 valence electrons. The predicted octanol–water partition coefficient (Wildman–Crippen LogP) is 3.76. The van der Waals surface area contributed by atoms with Crippen LogP contribution in [-0.4, -0.2) is 22.0 Å². The molecule has 3 rings (SSSR count). The van der Waals surface area contributed by atoms with Gasteiger partial charge in [-0.3, -0.25) is 25.0 Å². The molecule has 0 fully saturated rings. The first kappa shape index (κ1) is 20.4. The summed E-state index contributed by atoms with van der Waals surface area (Å²) in [7, 11) is 0. The lowest BCUT2D eigenvalue weighted by Crippen LogP contribution is -2.20. The first-order valence-electron chi connectivity index (χ1n) is 8.74. The molecule has 1 N–H and O–H groups in total. The molecule has 1 heterocycles. The summed E-state index contributed by atoms with van der Waals surface area (Å²) in [5.74, 6) is 0.336. The molecule has 0 spiro atoms. The summed E-state index contributed by atoms with van der Waals surface area (Å²) >= 11 is 0. The molecule has 0 radical (unpaired) electrons. The van der Waals surface area contributed by atoms with Crippen LogP contribution in [0, 0.1) is 27.2 Å². The van der Waals surface area contributed by atoms with Crippen molar-refractivity contribution >= 4 is 23.5 Å². The highest BCUT2D eigenvalue weighted by molar-refractivity contribution is 5.83. The normalized spacial score (nSPS) is 10.8. The fourth-order valence-electron chi connectivity index (χ4n) is 2.82. The minimum absolute atomic E-state index is 0.00837. The molecule has 10 heteroatoms. The van der Waals surface area contributed by atoms with Gasteiger partial charge in [0.25, 0.3) is 11.4 Å². The summed E-state index contributed by atoms with van der Waals surface area (Å²) in [4.78, 5) is 32.8. The fraction of sp³-hybridized carbons (Fsp3) is 0.100. The van der Waals surface area contributed by atoms with Crippen molar-refractivity contribution in [2.24, 2.45) is 5.10 Å². The number of carbonyl (C=O) groups excluding carboxylic acids is 1. The average molecular weight is 408 g/mol. The van der Waals surface area contributed by atoms with E-state index in [4.69, 9.17) is 4.42 Å². The summed E-state index contributed by atoms with van der Waals surface area (Å²) in [5, 5.41) is 25.6. The van der Waals surface area contributed by atoms with Gasteiger partial charge in [0.05, 0.1) is 22.5 Å². The van der Waals surface area contributed by atoms with Crippen molar-refractivity contribution in [3.05, 3.63) is 91.7 Å². The number of carbonyl (C=O) groups is 1. The summed E-state index contributed by atoms with van der Waals surface area (Å²) in [6.45, 7) is 1.74. The summed E-state index contributed by atoms with van der Waals surface area (Å²) in [6.07, 6.45) is 1.10. The minimum atomic E-state index is -0.545. The quantitative estimate of drug-likeness (QED) is 0.358. The van der Waals surface area contributed by atoms with E-state index < -0.39 is 15.8 Å². The number of hydrogen-bond acceptors (Lipinski definition) is 7. The number of furan rings is 1. The number of aryl methyl sites for hydroxylation is 1. The van der Waals surface area contributed by atoms with Gasteiger partial charge in [0, 0.05) is 29.3 Å². The number of hydrogen-bond donors (Lipinski definition) is 1. The number of hydrazone groups is 1. The molecule has 3 aromatic rings. The maximum Gasteiger partial charge on any atom is 0.273 e. The van der Waals surface area contributed by atoms with Crippen molar-refractivity contribution in [1.29, 1.82) is 0 Å². The van der Waals surface area contributed by atoms with Crippen molar-refractivity contribution in [2.75, 3.05) is 0 Å². The van der Waals surface area contributed by atoms with E-state index in [9.17, 15) is 25.0 Å². The monoisotopic (exact) mass is 408 g/mol. The van der Waals surface area contributed by atoms with Crippen LogP contribution in [0.4, 0.5) is 11.4 Å². The molecular weight excluding hydrogens is 392 g/mol. The average Bonchev–Trinajstić information content (AvgIpc) is 3.16. The van der Waals surface area contributed by atoms with Crippen LogP contribution in [0.2, 0.25) is 0 Å². The van der Waals surface area contributed by atoms with Crippen molar-refractivity contribution in [3.63, 3.8) is 0 Å². The first-order chi connectivity index (χ1) is 14.3. The lowest BCUT2D eigenvalue weighted by molar-refractivity contribution is -0.385. The first-order valence-corrected chi connectivity index (χ1v) is 8.74. The summed E-state index contributed by atoms with van der Waals surface area (Å²) < 4.78 is 5.64. The van der Waals surface area contributed by atoms with Gasteiger partial charge >= 0.3 is 0 Å². The predicted molar refractivity (Wildman–Crippen MR) is 108 cm³/mol. The lowest BCUT2D eigenvalue weighted by atomic mass is 10.1. The lowest BCUT2D eigenvalue weighted by Gasteiger charge is -2.02. The molecule has 2 aromatic carbocycles. The molecule has 0 atom stereocenters. The Kier molecular flexibility index (Phi) is 5.97. The number of rotatable bonds is 7. The Morgan fingerprint density at radius 2 is 1.87 bits per heavy atom. The number of nitro groups is 2. The Hall–Kier alpha value is -4.34. The number of para-hydroxylation sites is 1. The molecule has 0 bridgehead atoms. The van der Waals surface area contributed by atoms with Crippen LogP contribution in [-0.2, 0) is 11.2 Å². The third-order valence-electron chi connectivity index (χ3n) is 4.23. The minimum Gasteiger partial charge on any atom is -0.455 e. The Bertz CT molecular complexity index is 1150. The Morgan fingerprint density at radius 1 is 1.10 bits per heavy atom. The second-order valence-electron chi connectivity index (χ2n) is 6.31. The van der Waals surface area contributed by atoms with E-state index in [0.29, 0.717) is 22.6 Å². The van der Waals surface area contributed by atoms with E-state index in [1.165, 1.54) is 36.5 Å². The van der Waals surface area contributed by atoms with Gasteiger partial charge in [-0.2, -0.15) is 5.10 Å². The molecule has 1 aromatic heterocycles. The SMILES string of the molecule is Cc1cc([N+](=O)[O-])ccc1-c1ccc(/C=N\NC(=O)Cc2ccccc2[N+](=O)[O-])o1. The fourth-order valence-corrected chi connectivity index (χ4v) is 2.82. The van der Waals surface area contributed by atoms with E-state index in [0.717, 1.165) is 0 Å². The molecule has 0 unspecified atom stereocenters. The Balaban J connectivity index is 1.64. The number of non-ortho nitro benzene ring substituents is 1. The van der Waals surface area contributed by atoms with E-state index in [-0.39, 0.29) is 23.4 Å². The van der Waals surface area contributed by atoms with Gasteiger partial charge in [0.1, 0.15) is 11.5 Å². The van der Waals surface area contributed by atoms with Gasteiger partial charge in [0.15, 0.2) is 0 Å². The van der Waals surface area contributed by atoms with Gasteiger partial charge in [-0.25, -0.2) is 5.43 Å². The maximum absolute atomic E-state index is 12.0. The zero-order valence-electron chi connectivity index (χ0n) is 15.8. The molecule has 0 aliphatic carbocycles. The van der Waals surface area contributed by atoms with Crippen molar-refractivity contribution in [2.45, 2.75) is 13.3 Å². The molecule has 1 amide bonds. The van der Waals surface area contributed by atoms with Crippen molar-refractivity contribution in [3.8, 4) is 11.3 Å². The second kappa shape index (κ2) is 8.78. The van der Waals surface area contributed by atoms with Crippen LogP contribution in [0.1, 0.15) is 16.9 Å². The van der Waals surface area contributed by atoms with E-state index >= 15 is 0 Å². The smallest absolute Gasteiger partial charge is 0.273 e. The van der Waals surface area contributed by atoms with E-state index in [2.05, 4.69) is 10.5 Å². The highest BCUT2D eigenvalue weighted by Crippen LogP contribution is 2.28. The van der Waals surface area contributed by atoms with Crippen LogP contribution in [0.3, 0.4) is 0 Å². The Morgan fingerprint density at radius 3 is 2.57 bits per heavy atom. The van der Waals surface area contributed by atoms with Gasteiger partial charge < -0.3 is 4.42 Å². The van der Waals surface area contributed by atoms with Crippen LogP contribution in [0.15, 0.2) is 64.1 Å². The topological polar surface area (TPSA) is 141 Å². The van der Waals surface area contributed by atoms with Gasteiger partial charge in [-0.15, -0.1) is 0 Å². The van der Waals surface area contributed by atoms with Gasteiger partial charge in [-0.1, -0.05) is 18.2 Å². The number of amides is 1. The van der Waals surface area contributed by atoms with E-state index in [1.807, 2.05) is 0 Å². The van der Waals surface area contributed by atoms with E-state index in [1.54, 1.807) is 31.2 Å². The zero-order chi connectivity index (χ0) is 21.7. The zero-order valence-corrected chi connectivity index (χ0v) is 15.8. The third kappa shape index (κ3) is 4.73. The number of nitrogens with zero attached hydrogens (tertiary/aromatic N) is 3. The van der Waals surface area contributed by atoms with Crippen molar-refractivity contribution < 1.29 is 19.1 Å². The summed E-state index contributed by atoms with van der Waals surface area (Å²) in [6, 6.07) is 13.7. The number of benzene rings is 2. The van der Waals surface area contributed by atoms with Crippen LogP contribution < -0.4 is 5.43 Å². The largest absolute Gasteiger partial charge is 0.455 e. The van der Waals surface area contributed by atoms with Crippen LogP contribution >= 0.6 is 0 Å². The Labute approximate surface area is 170 Å². The van der Waals surface area contributed by atoms with Crippen LogP contribution in [0.5, 0.6) is 0 Å². The van der Waals surface area contributed by atoms with Crippen molar-refractivity contribution in [1.82, 2.24) is 5.43 Å². The van der Waals surface area contributed by atoms with Gasteiger partial charge in [0.2, 0.25) is 5.91 Å². The molecule has 10 nitrogen and oxygen atoms in total. The molecule has 0 aliphatic rings. The molecular formula is C20H16N4O6. The molecule has 30 heavy (non-hydrogen) atoms.